The van der Waals surface area contributed by atoms with Gasteiger partial charge in [0.2, 0.25) is 5.91 Å². The van der Waals surface area contributed by atoms with E-state index in [1.807, 2.05) is 0 Å². The van der Waals surface area contributed by atoms with Crippen molar-refractivity contribution in [3.63, 3.8) is 0 Å². The minimum Gasteiger partial charge on any atom is -0.468 e. The summed E-state index contributed by atoms with van der Waals surface area (Å²) in [6.07, 6.45) is 2.60. The summed E-state index contributed by atoms with van der Waals surface area (Å²) in [5.74, 6) is -3.96. The lowest BCUT2D eigenvalue weighted by molar-refractivity contribution is -0.384. The molecule has 12 nitrogen and oxygen atoms in total. The Morgan fingerprint density at radius 2 is 1.88 bits per heavy atom. The zero-order chi connectivity index (χ0) is 24.2. The van der Waals surface area contributed by atoms with Gasteiger partial charge in [0, 0.05) is 25.2 Å². The Morgan fingerprint density at radius 3 is 2.52 bits per heavy atom. The molecule has 0 bridgehead atoms. The van der Waals surface area contributed by atoms with E-state index in [2.05, 4.69) is 9.73 Å². The molecular formula is C19H22N4O8S2. The topological polar surface area (TPSA) is 158 Å². The van der Waals surface area contributed by atoms with Crippen LogP contribution in [-0.2, 0) is 35.5 Å². The van der Waals surface area contributed by atoms with Crippen LogP contribution in [0, 0.1) is 10.1 Å². The predicted octanol–water partition coefficient (Wildman–Crippen LogP) is 0.639. The number of hydrogen-bond acceptors (Lipinski definition) is 9. The van der Waals surface area contributed by atoms with Gasteiger partial charge < -0.3 is 14.2 Å². The van der Waals surface area contributed by atoms with Gasteiger partial charge in [-0.1, -0.05) is 11.3 Å². The van der Waals surface area contributed by atoms with E-state index in [1.54, 1.807) is 0 Å². The highest BCUT2D eigenvalue weighted by Gasteiger charge is 2.25. The maximum Gasteiger partial charge on any atom is 0.325 e. The van der Waals surface area contributed by atoms with Crippen LogP contribution in [0.25, 0.3) is 10.2 Å². The van der Waals surface area contributed by atoms with Crippen molar-refractivity contribution < 1.29 is 32.5 Å². The fraction of sp³-hybridized carbons (Fsp3) is 0.474. The number of ether oxygens (including phenoxy) is 1. The van der Waals surface area contributed by atoms with Crippen molar-refractivity contribution >= 4 is 54.9 Å². The van der Waals surface area contributed by atoms with Gasteiger partial charge in [-0.15, -0.1) is 0 Å². The number of carbonyl (C=O) groups is 3. The summed E-state index contributed by atoms with van der Waals surface area (Å²) in [7, 11) is -2.88. The second kappa shape index (κ2) is 10.2. The molecule has 0 saturated carbocycles. The zero-order valence-electron chi connectivity index (χ0n) is 17.8. The highest BCUT2D eigenvalue weighted by Crippen LogP contribution is 2.23. The summed E-state index contributed by atoms with van der Waals surface area (Å²) in [4.78, 5) is 52.3. The monoisotopic (exact) mass is 498 g/mol. The molecule has 3 rings (SSSR count). The summed E-state index contributed by atoms with van der Waals surface area (Å²) >= 11 is 0.892. The largest absolute Gasteiger partial charge is 0.468 e. The lowest BCUT2D eigenvalue weighted by Crippen LogP contribution is -2.40. The van der Waals surface area contributed by atoms with Crippen LogP contribution < -0.4 is 4.80 Å². The van der Waals surface area contributed by atoms with E-state index in [9.17, 15) is 32.9 Å². The van der Waals surface area contributed by atoms with Crippen molar-refractivity contribution in [2.75, 3.05) is 31.7 Å². The number of piperidine rings is 1. The number of non-ortho nitro benzene ring substituents is 1. The number of aromatic nitrogens is 1. The van der Waals surface area contributed by atoms with E-state index in [0.717, 1.165) is 30.6 Å². The molecule has 0 atom stereocenters. The highest BCUT2D eigenvalue weighted by molar-refractivity contribution is 7.92. The molecule has 2 aromatic rings. The Morgan fingerprint density at radius 1 is 1.18 bits per heavy atom. The molecule has 1 aromatic heterocycles. The van der Waals surface area contributed by atoms with E-state index in [1.165, 1.54) is 34.8 Å². The van der Waals surface area contributed by atoms with E-state index in [4.69, 9.17) is 0 Å². The van der Waals surface area contributed by atoms with Crippen molar-refractivity contribution in [1.29, 1.82) is 0 Å². The molecule has 2 amide bonds. The Balaban J connectivity index is 1.87. The number of benzene rings is 1. The van der Waals surface area contributed by atoms with E-state index in [0.29, 0.717) is 23.3 Å². The minimum absolute atomic E-state index is 0.0153. The van der Waals surface area contributed by atoms with Crippen molar-refractivity contribution in [3.05, 3.63) is 33.1 Å². The first kappa shape index (κ1) is 24.5. The lowest BCUT2D eigenvalue weighted by atomic mass is 10.1. The second-order valence-electron chi connectivity index (χ2n) is 7.44. The average Bonchev–Trinajstić information content (AvgIpc) is 3.09. The van der Waals surface area contributed by atoms with Gasteiger partial charge in [-0.2, -0.15) is 4.99 Å². The van der Waals surface area contributed by atoms with Crippen molar-refractivity contribution in [3.8, 4) is 0 Å². The van der Waals surface area contributed by atoms with Crippen LogP contribution in [0.2, 0.25) is 0 Å². The quantitative estimate of drug-likeness (QED) is 0.305. The van der Waals surface area contributed by atoms with Gasteiger partial charge in [0.25, 0.3) is 11.6 Å². The number of nitrogens with zero attached hydrogens (tertiary/aromatic N) is 4. The fourth-order valence-electron chi connectivity index (χ4n) is 3.41. The van der Waals surface area contributed by atoms with Crippen LogP contribution in [0.4, 0.5) is 5.69 Å². The van der Waals surface area contributed by atoms with Crippen molar-refractivity contribution in [2.24, 2.45) is 4.99 Å². The molecule has 14 heteroatoms. The summed E-state index contributed by atoms with van der Waals surface area (Å²) in [6.45, 7) is 0.656. The Labute approximate surface area is 192 Å². The zero-order valence-corrected chi connectivity index (χ0v) is 19.4. The maximum atomic E-state index is 12.4. The fourth-order valence-corrected chi connectivity index (χ4v) is 5.59. The number of fused-ring (bicyclic) bond motifs is 1. The molecule has 1 saturated heterocycles. The van der Waals surface area contributed by atoms with Crippen LogP contribution in [-0.4, -0.2) is 72.3 Å². The predicted molar refractivity (Wildman–Crippen MR) is 118 cm³/mol. The van der Waals surface area contributed by atoms with Crippen LogP contribution in [0.1, 0.15) is 19.3 Å². The molecule has 1 fully saturated rings. The van der Waals surface area contributed by atoms with Gasteiger partial charge in [0.1, 0.15) is 18.1 Å². The molecule has 2 heterocycles. The maximum absolute atomic E-state index is 12.4. The van der Waals surface area contributed by atoms with Crippen molar-refractivity contribution in [1.82, 2.24) is 9.47 Å². The smallest absolute Gasteiger partial charge is 0.325 e. The van der Waals surface area contributed by atoms with Gasteiger partial charge in [0.15, 0.2) is 14.6 Å². The molecule has 0 radical (unpaired) electrons. The van der Waals surface area contributed by atoms with Crippen LogP contribution in [0.3, 0.4) is 0 Å². The number of rotatable bonds is 7. The molecule has 0 unspecified atom stereocenters. The molecule has 1 aliphatic heterocycles. The standard InChI is InChI=1S/C19H22N4O8S2/c1-31-18(26)10-22-14-6-5-13(23(27)28)9-15(14)32-19(22)20-16(24)11-33(29,30)12-17(25)21-7-3-2-4-8-21/h5-6,9H,2-4,7-8,10-12H2,1H3. The number of carbonyl (C=O) groups excluding carboxylic acids is 3. The Bertz CT molecular complexity index is 1270. The van der Waals surface area contributed by atoms with E-state index >= 15 is 0 Å². The average molecular weight is 499 g/mol. The van der Waals surface area contributed by atoms with Gasteiger partial charge in [-0.05, 0) is 25.3 Å². The van der Waals surface area contributed by atoms with Gasteiger partial charge in [-0.3, -0.25) is 24.5 Å². The molecule has 0 aliphatic carbocycles. The third-order valence-corrected chi connectivity index (χ3v) is 7.42. The van der Waals surface area contributed by atoms with E-state index in [-0.39, 0.29) is 17.0 Å². The number of sulfone groups is 1. The molecule has 0 N–H and O–H groups in total. The normalized spacial score (nSPS) is 14.9. The molecule has 1 aromatic carbocycles. The van der Waals surface area contributed by atoms with Crippen LogP contribution >= 0.6 is 11.3 Å². The highest BCUT2D eigenvalue weighted by atomic mass is 32.2. The number of nitro groups is 1. The molecule has 178 valence electrons. The van der Waals surface area contributed by atoms with Gasteiger partial charge >= 0.3 is 5.97 Å². The third kappa shape index (κ3) is 6.22. The lowest BCUT2D eigenvalue weighted by Gasteiger charge is -2.26. The molecule has 0 spiro atoms. The van der Waals surface area contributed by atoms with Crippen LogP contribution in [0.15, 0.2) is 23.2 Å². The first-order chi connectivity index (χ1) is 15.6. The summed E-state index contributed by atoms with van der Waals surface area (Å²) in [5, 5.41) is 11.1. The number of hydrogen-bond donors (Lipinski definition) is 0. The molecule has 1 aliphatic rings. The summed E-state index contributed by atoms with van der Waals surface area (Å²) in [6, 6.07) is 3.92. The Hall–Kier alpha value is -3.13. The summed E-state index contributed by atoms with van der Waals surface area (Å²) < 4.78 is 31.2. The number of methoxy groups -OCH3 is 1. The molecular weight excluding hydrogens is 476 g/mol. The first-order valence-corrected chi connectivity index (χ1v) is 12.6. The van der Waals surface area contributed by atoms with E-state index < -0.39 is 44.0 Å². The minimum atomic E-state index is -4.06. The number of esters is 1. The SMILES string of the molecule is COC(=O)Cn1c(=NC(=O)CS(=O)(=O)CC(=O)N2CCCCC2)sc2cc([N+](=O)[O-])ccc21. The number of nitro benzene ring substituents is 1. The van der Waals surface area contributed by atoms with Gasteiger partial charge in [0.05, 0.1) is 22.2 Å². The molecule has 33 heavy (non-hydrogen) atoms. The second-order valence-corrected chi connectivity index (χ2v) is 10.5. The van der Waals surface area contributed by atoms with Gasteiger partial charge in [-0.25, -0.2) is 8.42 Å². The first-order valence-electron chi connectivity index (χ1n) is 10.00. The number of amides is 2. The number of thiazole rings is 1. The number of likely N-dealkylation sites (tertiary alicyclic amines) is 1. The van der Waals surface area contributed by atoms with Crippen molar-refractivity contribution in [2.45, 2.75) is 25.8 Å². The summed E-state index contributed by atoms with van der Waals surface area (Å²) in [5.41, 5.74) is 0.205. The Kier molecular flexibility index (Phi) is 7.58. The van der Waals surface area contributed by atoms with Crippen LogP contribution in [0.5, 0.6) is 0 Å². The third-order valence-electron chi connectivity index (χ3n) is 5.01.